The number of hydrogen-bond acceptors (Lipinski definition) is 5. The van der Waals surface area contributed by atoms with Crippen molar-refractivity contribution in [1.29, 1.82) is 0 Å². The highest BCUT2D eigenvalue weighted by Crippen LogP contribution is 2.42. The number of likely N-dealkylation sites (N-methyl/N-ethyl adjacent to an activating group) is 1. The number of hydrogen-bond donors (Lipinski definition) is 1. The maximum absolute atomic E-state index is 12.9. The van der Waals surface area contributed by atoms with Crippen LogP contribution < -0.4 is 4.74 Å². The van der Waals surface area contributed by atoms with Crippen molar-refractivity contribution in [1.82, 2.24) is 9.80 Å². The van der Waals surface area contributed by atoms with Crippen LogP contribution in [0, 0.1) is 0 Å². The van der Waals surface area contributed by atoms with E-state index >= 15 is 0 Å². The second kappa shape index (κ2) is 8.27. The number of benzene rings is 2. The van der Waals surface area contributed by atoms with E-state index < -0.39 is 17.7 Å². The van der Waals surface area contributed by atoms with Gasteiger partial charge in [0.25, 0.3) is 11.7 Å². The third-order valence-electron chi connectivity index (χ3n) is 4.81. The maximum Gasteiger partial charge on any atom is 0.295 e. The number of nitrogens with zero attached hydrogens (tertiary/aromatic N) is 2. The van der Waals surface area contributed by atoms with Gasteiger partial charge >= 0.3 is 0 Å². The van der Waals surface area contributed by atoms with E-state index in [-0.39, 0.29) is 11.3 Å². The van der Waals surface area contributed by atoms with Crippen LogP contribution in [0.2, 0.25) is 0 Å². The monoisotopic (exact) mass is 380 g/mol. The molecule has 1 saturated heterocycles. The molecule has 2 aromatic rings. The summed E-state index contributed by atoms with van der Waals surface area (Å²) >= 11 is 0. The summed E-state index contributed by atoms with van der Waals surface area (Å²) in [5.74, 6) is -0.920. The van der Waals surface area contributed by atoms with Crippen LogP contribution in [0.1, 0.15) is 17.2 Å². The fourth-order valence-corrected chi connectivity index (χ4v) is 3.39. The van der Waals surface area contributed by atoms with E-state index in [2.05, 4.69) is 0 Å². The Labute approximate surface area is 164 Å². The van der Waals surface area contributed by atoms with Gasteiger partial charge in [-0.1, -0.05) is 48.5 Å². The zero-order valence-corrected chi connectivity index (χ0v) is 16.3. The first-order chi connectivity index (χ1) is 13.5. The molecule has 0 aromatic heterocycles. The minimum atomic E-state index is -0.712. The number of aliphatic hydroxyl groups is 1. The molecule has 0 spiro atoms. The Morgan fingerprint density at radius 2 is 1.71 bits per heavy atom. The summed E-state index contributed by atoms with van der Waals surface area (Å²) < 4.78 is 5.47. The molecule has 1 fully saturated rings. The normalized spacial score (nSPS) is 18.7. The number of Topliss-reactive ketones (excluding diaryl/α,β-unsaturated/α-hetero) is 1. The average molecular weight is 380 g/mol. The lowest BCUT2D eigenvalue weighted by molar-refractivity contribution is -0.140. The molecule has 6 heteroatoms. The van der Waals surface area contributed by atoms with Gasteiger partial charge in [0, 0.05) is 24.2 Å². The molecule has 0 saturated carbocycles. The van der Waals surface area contributed by atoms with Gasteiger partial charge in [-0.05, 0) is 20.2 Å². The zero-order chi connectivity index (χ0) is 20.3. The molecule has 0 bridgehead atoms. The standard InChI is InChI=1S/C22H24N2O4/c1-23(2)13-14-24-19(16-11-7-8-12-17(16)28-3)18(21(26)22(24)27)20(25)15-9-5-4-6-10-15/h4-12,19,25H,13-14H2,1-3H3/b20-18-. The lowest BCUT2D eigenvalue weighted by Crippen LogP contribution is -2.35. The zero-order valence-electron chi connectivity index (χ0n) is 16.3. The number of carbonyl (C=O) groups is 2. The summed E-state index contributed by atoms with van der Waals surface area (Å²) in [7, 11) is 5.35. The van der Waals surface area contributed by atoms with Crippen molar-refractivity contribution >= 4 is 17.4 Å². The quantitative estimate of drug-likeness (QED) is 0.474. The molecule has 1 unspecified atom stereocenters. The second-order valence-electron chi connectivity index (χ2n) is 6.90. The van der Waals surface area contributed by atoms with Crippen molar-refractivity contribution in [2.75, 3.05) is 34.3 Å². The summed E-state index contributed by atoms with van der Waals surface area (Å²) in [6, 6.07) is 15.3. The molecule has 2 aromatic carbocycles. The number of para-hydroxylation sites is 1. The molecule has 0 radical (unpaired) electrons. The number of methoxy groups -OCH3 is 1. The third-order valence-corrected chi connectivity index (χ3v) is 4.81. The minimum absolute atomic E-state index is 0.0828. The van der Waals surface area contributed by atoms with Gasteiger partial charge in [-0.25, -0.2) is 0 Å². The topological polar surface area (TPSA) is 70.1 Å². The molecule has 1 heterocycles. The first-order valence-corrected chi connectivity index (χ1v) is 9.07. The number of ether oxygens (including phenoxy) is 1. The Balaban J connectivity index is 2.18. The van der Waals surface area contributed by atoms with E-state index in [4.69, 9.17) is 4.74 Å². The first-order valence-electron chi connectivity index (χ1n) is 9.07. The Morgan fingerprint density at radius 3 is 2.36 bits per heavy atom. The van der Waals surface area contributed by atoms with E-state index in [9.17, 15) is 14.7 Å². The SMILES string of the molecule is COc1ccccc1C1/C(=C(/O)c2ccccc2)C(=O)C(=O)N1CCN(C)C. The number of ketones is 1. The van der Waals surface area contributed by atoms with E-state index in [1.807, 2.05) is 43.3 Å². The van der Waals surface area contributed by atoms with E-state index in [0.717, 1.165) is 0 Å². The molecule has 1 aliphatic rings. The van der Waals surface area contributed by atoms with Gasteiger partial charge in [-0.3, -0.25) is 9.59 Å². The Bertz CT molecular complexity index is 906. The van der Waals surface area contributed by atoms with Gasteiger partial charge in [-0.2, -0.15) is 0 Å². The minimum Gasteiger partial charge on any atom is -0.507 e. The second-order valence-corrected chi connectivity index (χ2v) is 6.90. The molecule has 146 valence electrons. The highest BCUT2D eigenvalue weighted by atomic mass is 16.5. The number of carbonyl (C=O) groups excluding carboxylic acids is 2. The van der Waals surface area contributed by atoms with Crippen LogP contribution in [0.5, 0.6) is 5.75 Å². The lowest BCUT2D eigenvalue weighted by atomic mass is 9.94. The van der Waals surface area contributed by atoms with Crippen LogP contribution in [0.3, 0.4) is 0 Å². The molecule has 1 atom stereocenters. The Morgan fingerprint density at radius 1 is 1.07 bits per heavy atom. The molecule has 1 aliphatic heterocycles. The summed E-state index contributed by atoms with van der Waals surface area (Å²) in [5.41, 5.74) is 1.24. The first kappa shape index (κ1) is 19.6. The molecule has 0 aliphatic carbocycles. The molecule has 1 amide bonds. The molecule has 6 nitrogen and oxygen atoms in total. The van der Waals surface area contributed by atoms with Gasteiger partial charge in [0.2, 0.25) is 0 Å². The van der Waals surface area contributed by atoms with Gasteiger partial charge in [0.15, 0.2) is 0 Å². The maximum atomic E-state index is 12.9. The largest absolute Gasteiger partial charge is 0.507 e. The van der Waals surface area contributed by atoms with Crippen molar-refractivity contribution in [3.63, 3.8) is 0 Å². The van der Waals surface area contributed by atoms with Crippen LogP contribution >= 0.6 is 0 Å². The van der Waals surface area contributed by atoms with Gasteiger partial charge in [0.1, 0.15) is 11.5 Å². The van der Waals surface area contributed by atoms with Crippen LogP contribution in [0.25, 0.3) is 5.76 Å². The van der Waals surface area contributed by atoms with Crippen LogP contribution in [-0.2, 0) is 9.59 Å². The van der Waals surface area contributed by atoms with Crippen LogP contribution in [-0.4, -0.2) is 60.9 Å². The molecular formula is C22H24N2O4. The third kappa shape index (κ3) is 3.64. The summed E-state index contributed by atoms with van der Waals surface area (Å²) in [4.78, 5) is 29.2. The summed E-state index contributed by atoms with van der Waals surface area (Å²) in [6.07, 6.45) is 0. The summed E-state index contributed by atoms with van der Waals surface area (Å²) in [5, 5.41) is 10.9. The highest BCUT2D eigenvalue weighted by molar-refractivity contribution is 6.46. The number of amides is 1. The van der Waals surface area contributed by atoms with Crippen molar-refractivity contribution in [3.8, 4) is 5.75 Å². The van der Waals surface area contributed by atoms with E-state index in [1.165, 1.54) is 4.90 Å². The lowest BCUT2D eigenvalue weighted by Gasteiger charge is -2.27. The number of aliphatic hydroxyl groups excluding tert-OH is 1. The highest BCUT2D eigenvalue weighted by Gasteiger charge is 2.46. The van der Waals surface area contributed by atoms with Crippen molar-refractivity contribution in [3.05, 3.63) is 71.3 Å². The van der Waals surface area contributed by atoms with E-state index in [1.54, 1.807) is 37.4 Å². The van der Waals surface area contributed by atoms with Gasteiger partial charge in [-0.15, -0.1) is 0 Å². The summed E-state index contributed by atoms with van der Waals surface area (Å²) in [6.45, 7) is 0.940. The number of likely N-dealkylation sites (tertiary alicyclic amines) is 1. The fourth-order valence-electron chi connectivity index (χ4n) is 3.39. The predicted octanol–water partition coefficient (Wildman–Crippen LogP) is 2.68. The van der Waals surface area contributed by atoms with Crippen molar-refractivity contribution < 1.29 is 19.4 Å². The Hall–Kier alpha value is -3.12. The van der Waals surface area contributed by atoms with Gasteiger partial charge < -0.3 is 19.6 Å². The molecule has 3 rings (SSSR count). The van der Waals surface area contributed by atoms with Crippen LogP contribution in [0.4, 0.5) is 0 Å². The Kier molecular flexibility index (Phi) is 5.80. The van der Waals surface area contributed by atoms with Crippen LogP contribution in [0.15, 0.2) is 60.2 Å². The van der Waals surface area contributed by atoms with Gasteiger partial charge in [0.05, 0.1) is 18.7 Å². The average Bonchev–Trinajstić information content (AvgIpc) is 2.96. The molecule has 28 heavy (non-hydrogen) atoms. The van der Waals surface area contributed by atoms with Crippen molar-refractivity contribution in [2.24, 2.45) is 0 Å². The molecular weight excluding hydrogens is 356 g/mol. The fraction of sp³-hybridized carbons (Fsp3) is 0.273. The van der Waals surface area contributed by atoms with Crippen molar-refractivity contribution in [2.45, 2.75) is 6.04 Å². The predicted molar refractivity (Wildman–Crippen MR) is 107 cm³/mol. The molecule has 1 N–H and O–H groups in total. The number of rotatable bonds is 6. The van der Waals surface area contributed by atoms with E-state index in [0.29, 0.717) is 30.0 Å². The smallest absolute Gasteiger partial charge is 0.295 e.